The summed E-state index contributed by atoms with van der Waals surface area (Å²) in [6.45, 7) is 5.78. The molecule has 0 aliphatic carbocycles. The molecule has 0 radical (unpaired) electrons. The Morgan fingerprint density at radius 1 is 1.32 bits per heavy atom. The summed E-state index contributed by atoms with van der Waals surface area (Å²) in [6.07, 6.45) is 3.85. The molecular formula is C18H28N2O2. The van der Waals surface area contributed by atoms with Crippen LogP contribution in [0.2, 0.25) is 0 Å². The van der Waals surface area contributed by atoms with E-state index in [4.69, 9.17) is 4.74 Å². The topological polar surface area (TPSA) is 41.6 Å². The molecule has 0 bridgehead atoms. The van der Waals surface area contributed by atoms with Gasteiger partial charge in [0.05, 0.1) is 7.11 Å². The second kappa shape index (κ2) is 8.79. The number of carbonyl (C=O) groups excluding carboxylic acids is 1. The fourth-order valence-corrected chi connectivity index (χ4v) is 2.80. The predicted molar refractivity (Wildman–Crippen MR) is 89.2 cm³/mol. The summed E-state index contributed by atoms with van der Waals surface area (Å²) in [5.41, 5.74) is 1.25. The third-order valence-corrected chi connectivity index (χ3v) is 4.38. The number of piperidine rings is 1. The first-order valence-corrected chi connectivity index (χ1v) is 8.30. The van der Waals surface area contributed by atoms with Crippen molar-refractivity contribution in [1.82, 2.24) is 10.2 Å². The van der Waals surface area contributed by atoms with E-state index in [0.717, 1.165) is 57.1 Å². The summed E-state index contributed by atoms with van der Waals surface area (Å²) in [4.78, 5) is 14.1. The van der Waals surface area contributed by atoms with Crippen molar-refractivity contribution in [2.24, 2.45) is 5.92 Å². The molecule has 4 heteroatoms. The number of hydrogen-bond donors (Lipinski definition) is 1. The van der Waals surface area contributed by atoms with Gasteiger partial charge < -0.3 is 15.0 Å². The van der Waals surface area contributed by atoms with Gasteiger partial charge in [-0.05, 0) is 49.4 Å². The Kier molecular flexibility index (Phi) is 6.72. The largest absolute Gasteiger partial charge is 0.497 e. The molecular weight excluding hydrogens is 276 g/mol. The Morgan fingerprint density at radius 3 is 2.82 bits per heavy atom. The highest BCUT2D eigenvalue weighted by molar-refractivity contribution is 5.76. The third kappa shape index (κ3) is 5.34. The number of benzene rings is 1. The molecule has 1 aliphatic rings. The molecule has 1 heterocycles. The summed E-state index contributed by atoms with van der Waals surface area (Å²) in [7, 11) is 1.68. The van der Waals surface area contributed by atoms with Crippen molar-refractivity contribution >= 4 is 5.91 Å². The zero-order chi connectivity index (χ0) is 15.8. The van der Waals surface area contributed by atoms with Gasteiger partial charge in [-0.2, -0.15) is 0 Å². The van der Waals surface area contributed by atoms with E-state index in [1.807, 2.05) is 17.0 Å². The lowest BCUT2D eigenvalue weighted by Gasteiger charge is -2.30. The summed E-state index contributed by atoms with van der Waals surface area (Å²) in [5.74, 6) is 1.96. The Labute approximate surface area is 133 Å². The standard InChI is InChI=1S/C18H28N2O2/c1-15-8-12-20(13-9-15)18(21)7-11-19-10-6-16-4-3-5-17(14-16)22-2/h3-5,14-15,19H,6-13H2,1-2H3. The van der Waals surface area contributed by atoms with Gasteiger partial charge >= 0.3 is 0 Å². The number of amides is 1. The second-order valence-electron chi connectivity index (χ2n) is 6.16. The fraction of sp³-hybridized carbons (Fsp3) is 0.611. The van der Waals surface area contributed by atoms with Crippen molar-refractivity contribution in [3.63, 3.8) is 0 Å². The maximum atomic E-state index is 12.1. The summed E-state index contributed by atoms with van der Waals surface area (Å²) in [6, 6.07) is 8.12. The van der Waals surface area contributed by atoms with E-state index in [-0.39, 0.29) is 0 Å². The maximum Gasteiger partial charge on any atom is 0.223 e. The van der Waals surface area contributed by atoms with Gasteiger partial charge in [-0.25, -0.2) is 0 Å². The Hall–Kier alpha value is -1.55. The zero-order valence-electron chi connectivity index (χ0n) is 13.8. The molecule has 0 unspecified atom stereocenters. The highest BCUT2D eigenvalue weighted by atomic mass is 16.5. The minimum atomic E-state index is 0.292. The SMILES string of the molecule is COc1cccc(CCNCCC(=O)N2CCC(C)CC2)c1. The van der Waals surface area contributed by atoms with Crippen molar-refractivity contribution in [3.8, 4) is 5.75 Å². The van der Waals surface area contributed by atoms with Crippen molar-refractivity contribution in [2.75, 3.05) is 33.3 Å². The van der Waals surface area contributed by atoms with E-state index in [1.54, 1.807) is 7.11 Å². The first kappa shape index (κ1) is 16.8. The normalized spacial score (nSPS) is 15.8. The molecule has 0 spiro atoms. The van der Waals surface area contributed by atoms with Crippen LogP contribution in [0.15, 0.2) is 24.3 Å². The molecule has 2 rings (SSSR count). The van der Waals surface area contributed by atoms with E-state index in [2.05, 4.69) is 24.4 Å². The van der Waals surface area contributed by atoms with Gasteiger partial charge in [0.25, 0.3) is 0 Å². The highest BCUT2D eigenvalue weighted by Gasteiger charge is 2.19. The molecule has 1 aromatic rings. The molecule has 1 fully saturated rings. The van der Waals surface area contributed by atoms with Crippen LogP contribution in [0.25, 0.3) is 0 Å². The Morgan fingerprint density at radius 2 is 2.09 bits per heavy atom. The second-order valence-corrected chi connectivity index (χ2v) is 6.16. The zero-order valence-corrected chi connectivity index (χ0v) is 13.8. The van der Waals surface area contributed by atoms with Crippen molar-refractivity contribution in [2.45, 2.75) is 32.6 Å². The van der Waals surface area contributed by atoms with Gasteiger partial charge in [0.2, 0.25) is 5.91 Å². The third-order valence-electron chi connectivity index (χ3n) is 4.38. The number of nitrogens with zero attached hydrogens (tertiary/aromatic N) is 1. The van der Waals surface area contributed by atoms with Crippen LogP contribution in [0, 0.1) is 5.92 Å². The van der Waals surface area contributed by atoms with Crippen LogP contribution in [0.3, 0.4) is 0 Å². The highest BCUT2D eigenvalue weighted by Crippen LogP contribution is 2.16. The first-order valence-electron chi connectivity index (χ1n) is 8.30. The van der Waals surface area contributed by atoms with E-state index in [1.165, 1.54) is 5.56 Å². The molecule has 1 aromatic carbocycles. The van der Waals surface area contributed by atoms with Crippen molar-refractivity contribution in [1.29, 1.82) is 0 Å². The van der Waals surface area contributed by atoms with Crippen LogP contribution in [-0.2, 0) is 11.2 Å². The summed E-state index contributed by atoms with van der Waals surface area (Å²) >= 11 is 0. The van der Waals surface area contributed by atoms with Gasteiger partial charge in [0.1, 0.15) is 5.75 Å². The average molecular weight is 304 g/mol. The van der Waals surface area contributed by atoms with Gasteiger partial charge in [-0.3, -0.25) is 4.79 Å². The minimum Gasteiger partial charge on any atom is -0.497 e. The van der Waals surface area contributed by atoms with Crippen LogP contribution < -0.4 is 10.1 Å². The molecule has 4 nitrogen and oxygen atoms in total. The molecule has 1 N–H and O–H groups in total. The minimum absolute atomic E-state index is 0.292. The number of likely N-dealkylation sites (tertiary alicyclic amines) is 1. The van der Waals surface area contributed by atoms with Crippen molar-refractivity contribution < 1.29 is 9.53 Å². The number of hydrogen-bond acceptors (Lipinski definition) is 3. The molecule has 0 atom stereocenters. The predicted octanol–water partition coefficient (Wildman–Crippen LogP) is 2.48. The van der Waals surface area contributed by atoms with Gasteiger partial charge in [0.15, 0.2) is 0 Å². The molecule has 0 aromatic heterocycles. The first-order chi connectivity index (χ1) is 10.7. The summed E-state index contributed by atoms with van der Waals surface area (Å²) < 4.78 is 5.22. The van der Waals surface area contributed by atoms with Crippen LogP contribution in [0.4, 0.5) is 0 Å². The maximum absolute atomic E-state index is 12.1. The smallest absolute Gasteiger partial charge is 0.223 e. The molecule has 1 saturated heterocycles. The van der Waals surface area contributed by atoms with Gasteiger partial charge in [0, 0.05) is 26.1 Å². The molecule has 0 saturated carbocycles. The summed E-state index contributed by atoms with van der Waals surface area (Å²) in [5, 5.41) is 3.36. The van der Waals surface area contributed by atoms with E-state index in [0.29, 0.717) is 12.3 Å². The number of methoxy groups -OCH3 is 1. The van der Waals surface area contributed by atoms with Gasteiger partial charge in [-0.1, -0.05) is 19.1 Å². The van der Waals surface area contributed by atoms with Gasteiger partial charge in [-0.15, -0.1) is 0 Å². The fourth-order valence-electron chi connectivity index (χ4n) is 2.80. The lowest BCUT2D eigenvalue weighted by molar-refractivity contribution is -0.132. The molecule has 22 heavy (non-hydrogen) atoms. The van der Waals surface area contributed by atoms with Crippen LogP contribution in [-0.4, -0.2) is 44.1 Å². The monoisotopic (exact) mass is 304 g/mol. The number of nitrogens with one attached hydrogen (secondary N) is 1. The Balaban J connectivity index is 1.59. The lowest BCUT2D eigenvalue weighted by atomic mass is 9.99. The molecule has 122 valence electrons. The Bertz CT molecular complexity index is 468. The lowest BCUT2D eigenvalue weighted by Crippen LogP contribution is -2.39. The number of carbonyl (C=O) groups is 1. The average Bonchev–Trinajstić information content (AvgIpc) is 2.55. The van der Waals surface area contributed by atoms with E-state index < -0.39 is 0 Å². The van der Waals surface area contributed by atoms with E-state index >= 15 is 0 Å². The van der Waals surface area contributed by atoms with Crippen molar-refractivity contribution in [3.05, 3.63) is 29.8 Å². The number of rotatable bonds is 7. The van der Waals surface area contributed by atoms with Crippen LogP contribution >= 0.6 is 0 Å². The quantitative estimate of drug-likeness (QED) is 0.787. The van der Waals surface area contributed by atoms with Crippen LogP contribution in [0.1, 0.15) is 31.7 Å². The van der Waals surface area contributed by atoms with E-state index in [9.17, 15) is 4.79 Å². The molecule has 1 aliphatic heterocycles. The number of ether oxygens (including phenoxy) is 1. The molecule has 1 amide bonds. The van der Waals surface area contributed by atoms with Crippen LogP contribution in [0.5, 0.6) is 5.75 Å².